The average Bonchev–Trinajstić information content (AvgIpc) is 2.39. The highest BCUT2D eigenvalue weighted by Gasteiger charge is 2.22. The van der Waals surface area contributed by atoms with Gasteiger partial charge in [0.15, 0.2) is 5.11 Å². The molecule has 1 amide bonds. The highest BCUT2D eigenvalue weighted by molar-refractivity contribution is 7.80. The fourth-order valence-corrected chi connectivity index (χ4v) is 1.64. The van der Waals surface area contributed by atoms with Gasteiger partial charge in [-0.1, -0.05) is 11.6 Å². The van der Waals surface area contributed by atoms with Gasteiger partial charge < -0.3 is 5.73 Å². The van der Waals surface area contributed by atoms with Crippen molar-refractivity contribution in [3.63, 3.8) is 0 Å². The molecule has 0 saturated carbocycles. The Bertz CT molecular complexity index is 621. The number of rotatable bonds is 2. The van der Waals surface area contributed by atoms with E-state index in [1.807, 2.05) is 0 Å². The maximum atomic E-state index is 12.3. The van der Waals surface area contributed by atoms with Crippen LogP contribution < -0.4 is 10.6 Å². The van der Waals surface area contributed by atoms with Crippen molar-refractivity contribution in [2.75, 3.05) is 4.90 Å². The Morgan fingerprint density at radius 2 is 1.95 bits per heavy atom. The fourth-order valence-electron chi connectivity index (χ4n) is 1.35. The maximum absolute atomic E-state index is 12.3. The standard InChI is InChI=1S/C11H8ClN5OS/c12-8-3-6-15-11(16-8)17(10(13)19)9(18)7-1-4-14-5-2-7/h1-6H,(H2,13,19). The van der Waals surface area contributed by atoms with Crippen LogP contribution in [0.2, 0.25) is 5.15 Å². The number of pyridine rings is 1. The molecule has 2 aromatic heterocycles. The van der Waals surface area contributed by atoms with E-state index in [1.54, 1.807) is 0 Å². The summed E-state index contributed by atoms with van der Waals surface area (Å²) >= 11 is 10.6. The Hall–Kier alpha value is -2.12. The van der Waals surface area contributed by atoms with Gasteiger partial charge >= 0.3 is 0 Å². The van der Waals surface area contributed by atoms with Crippen molar-refractivity contribution >= 4 is 40.8 Å². The molecule has 0 atom stereocenters. The maximum Gasteiger partial charge on any atom is 0.267 e. The number of hydrogen-bond donors (Lipinski definition) is 1. The van der Waals surface area contributed by atoms with E-state index in [4.69, 9.17) is 29.6 Å². The molecule has 0 aliphatic rings. The number of nitrogens with two attached hydrogens (primary N) is 1. The van der Waals surface area contributed by atoms with Crippen LogP contribution in [0.4, 0.5) is 5.95 Å². The number of nitrogens with zero attached hydrogens (tertiary/aromatic N) is 4. The monoisotopic (exact) mass is 293 g/mol. The number of aromatic nitrogens is 3. The summed E-state index contributed by atoms with van der Waals surface area (Å²) in [5.41, 5.74) is 5.92. The molecule has 2 aromatic rings. The largest absolute Gasteiger partial charge is 0.375 e. The summed E-state index contributed by atoms with van der Waals surface area (Å²) < 4.78 is 0. The predicted octanol–water partition coefficient (Wildman–Crippen LogP) is 1.42. The van der Waals surface area contributed by atoms with Crippen molar-refractivity contribution in [1.82, 2.24) is 15.0 Å². The zero-order valence-electron chi connectivity index (χ0n) is 9.52. The van der Waals surface area contributed by atoms with Crippen LogP contribution in [0, 0.1) is 0 Å². The van der Waals surface area contributed by atoms with Gasteiger partial charge in [-0.25, -0.2) is 14.9 Å². The van der Waals surface area contributed by atoms with E-state index >= 15 is 0 Å². The molecule has 0 bridgehead atoms. The average molecular weight is 294 g/mol. The molecule has 0 fully saturated rings. The molecule has 6 nitrogen and oxygen atoms in total. The van der Waals surface area contributed by atoms with E-state index in [2.05, 4.69) is 15.0 Å². The SMILES string of the molecule is NC(=S)N(C(=O)c1ccncc1)c1nccc(Cl)n1. The molecule has 2 N–H and O–H groups in total. The van der Waals surface area contributed by atoms with E-state index in [1.165, 1.54) is 36.8 Å². The summed E-state index contributed by atoms with van der Waals surface area (Å²) in [5, 5.41) is 0.0258. The minimum absolute atomic E-state index is 0.0295. The summed E-state index contributed by atoms with van der Waals surface area (Å²) in [7, 11) is 0. The lowest BCUT2D eigenvalue weighted by Gasteiger charge is -2.18. The molecule has 19 heavy (non-hydrogen) atoms. The van der Waals surface area contributed by atoms with Crippen LogP contribution in [0.15, 0.2) is 36.8 Å². The van der Waals surface area contributed by atoms with Crippen LogP contribution in [-0.4, -0.2) is 26.0 Å². The van der Waals surface area contributed by atoms with Gasteiger partial charge in [0.05, 0.1) is 0 Å². The second kappa shape index (κ2) is 5.68. The summed E-state index contributed by atoms with van der Waals surface area (Å²) in [6, 6.07) is 4.57. The molecule has 0 saturated heterocycles. The molecule has 0 aliphatic carbocycles. The van der Waals surface area contributed by atoms with Crippen molar-refractivity contribution in [3.8, 4) is 0 Å². The Morgan fingerprint density at radius 3 is 2.53 bits per heavy atom. The first-order chi connectivity index (χ1) is 9.09. The van der Waals surface area contributed by atoms with Gasteiger partial charge in [-0.3, -0.25) is 9.78 Å². The molecule has 0 unspecified atom stereocenters. The smallest absolute Gasteiger partial charge is 0.267 e. The van der Waals surface area contributed by atoms with E-state index in [0.29, 0.717) is 5.56 Å². The number of hydrogen-bond acceptors (Lipinski definition) is 5. The molecule has 8 heteroatoms. The first-order valence-electron chi connectivity index (χ1n) is 5.12. The second-order valence-corrected chi connectivity index (χ2v) is 4.20. The zero-order chi connectivity index (χ0) is 13.8. The van der Waals surface area contributed by atoms with Gasteiger partial charge in [-0.15, -0.1) is 0 Å². The lowest BCUT2D eigenvalue weighted by molar-refractivity contribution is 0.100. The topological polar surface area (TPSA) is 85.0 Å². The molecular weight excluding hydrogens is 286 g/mol. The number of thiocarbonyl (C=S) groups is 1. The highest BCUT2D eigenvalue weighted by atomic mass is 35.5. The molecule has 0 aromatic carbocycles. The van der Waals surface area contributed by atoms with Gasteiger partial charge in [0, 0.05) is 24.2 Å². The molecule has 0 radical (unpaired) electrons. The van der Waals surface area contributed by atoms with Gasteiger partial charge in [-0.05, 0) is 30.4 Å². The Labute approximate surface area is 119 Å². The molecule has 96 valence electrons. The van der Waals surface area contributed by atoms with Crippen LogP contribution in [0.5, 0.6) is 0 Å². The fraction of sp³-hybridized carbons (Fsp3) is 0. The van der Waals surface area contributed by atoms with Crippen molar-refractivity contribution in [1.29, 1.82) is 0 Å². The summed E-state index contributed by atoms with van der Waals surface area (Å²) in [6.07, 6.45) is 4.39. The number of halogens is 1. The van der Waals surface area contributed by atoms with E-state index in [0.717, 1.165) is 4.90 Å². The summed E-state index contributed by atoms with van der Waals surface area (Å²) in [6.45, 7) is 0. The lowest BCUT2D eigenvalue weighted by Crippen LogP contribution is -2.41. The first-order valence-corrected chi connectivity index (χ1v) is 5.90. The summed E-state index contributed by atoms with van der Waals surface area (Å²) in [4.78, 5) is 25.0. The van der Waals surface area contributed by atoms with Crippen LogP contribution in [-0.2, 0) is 0 Å². The van der Waals surface area contributed by atoms with Gasteiger partial charge in [0.1, 0.15) is 5.15 Å². The summed E-state index contributed by atoms with van der Waals surface area (Å²) in [5.74, 6) is -0.418. The minimum Gasteiger partial charge on any atom is -0.375 e. The van der Waals surface area contributed by atoms with Crippen molar-refractivity contribution < 1.29 is 4.79 Å². The predicted molar refractivity (Wildman–Crippen MR) is 74.9 cm³/mol. The lowest BCUT2D eigenvalue weighted by atomic mass is 10.2. The van der Waals surface area contributed by atoms with Crippen LogP contribution in [0.25, 0.3) is 0 Å². The zero-order valence-corrected chi connectivity index (χ0v) is 11.1. The normalized spacial score (nSPS) is 9.95. The number of carbonyl (C=O) groups is 1. The Morgan fingerprint density at radius 1 is 1.26 bits per heavy atom. The first kappa shape index (κ1) is 13.3. The van der Waals surface area contributed by atoms with E-state index < -0.39 is 5.91 Å². The molecule has 2 heterocycles. The third-order valence-corrected chi connectivity index (χ3v) is 2.55. The van der Waals surface area contributed by atoms with Gasteiger partial charge in [-0.2, -0.15) is 0 Å². The molecule has 0 aliphatic heterocycles. The minimum atomic E-state index is -0.447. The number of carbonyl (C=O) groups excluding carboxylic acids is 1. The molecule has 2 rings (SSSR count). The third kappa shape index (κ3) is 3.01. The number of anilines is 1. The quantitative estimate of drug-likeness (QED) is 0.666. The Balaban J connectivity index is 2.42. The van der Waals surface area contributed by atoms with Crippen LogP contribution in [0.3, 0.4) is 0 Å². The third-order valence-electron chi connectivity index (χ3n) is 2.16. The second-order valence-electron chi connectivity index (χ2n) is 3.39. The van der Waals surface area contributed by atoms with Crippen LogP contribution >= 0.6 is 23.8 Å². The van der Waals surface area contributed by atoms with Crippen molar-refractivity contribution in [2.45, 2.75) is 0 Å². The van der Waals surface area contributed by atoms with Crippen molar-refractivity contribution in [3.05, 3.63) is 47.5 Å². The Kier molecular flexibility index (Phi) is 3.98. The van der Waals surface area contributed by atoms with E-state index in [9.17, 15) is 4.79 Å². The molecule has 0 spiro atoms. The highest BCUT2D eigenvalue weighted by Crippen LogP contribution is 2.14. The van der Waals surface area contributed by atoms with Gasteiger partial charge in [0.2, 0.25) is 5.95 Å². The van der Waals surface area contributed by atoms with Gasteiger partial charge in [0.25, 0.3) is 5.91 Å². The molecular formula is C11H8ClN5OS. The van der Waals surface area contributed by atoms with E-state index in [-0.39, 0.29) is 16.2 Å². The van der Waals surface area contributed by atoms with Crippen molar-refractivity contribution in [2.24, 2.45) is 5.73 Å². The van der Waals surface area contributed by atoms with Crippen LogP contribution in [0.1, 0.15) is 10.4 Å². The number of amides is 1.